The summed E-state index contributed by atoms with van der Waals surface area (Å²) in [5, 5.41) is 1.86. The predicted molar refractivity (Wildman–Crippen MR) is 111 cm³/mol. The van der Waals surface area contributed by atoms with Crippen molar-refractivity contribution in [2.75, 3.05) is 19.0 Å². The largest absolute Gasteiger partial charge is 0.330 e. The average molecular weight is 376 g/mol. The summed E-state index contributed by atoms with van der Waals surface area (Å²) in [5.41, 5.74) is 2.03. The van der Waals surface area contributed by atoms with Crippen LogP contribution in [0, 0.1) is 0 Å². The first-order chi connectivity index (χ1) is 13.1. The van der Waals surface area contributed by atoms with E-state index in [0.29, 0.717) is 16.3 Å². The Morgan fingerprint density at radius 2 is 1.48 bits per heavy atom. The normalized spacial score (nSPS) is 11.1. The molecule has 0 radical (unpaired) electrons. The first kappa shape index (κ1) is 18.6. The van der Waals surface area contributed by atoms with E-state index in [1.807, 2.05) is 72.1 Å². The topological polar surface area (TPSA) is 40.6 Å². The second kappa shape index (κ2) is 8.47. The number of ketones is 1. The second-order valence-corrected chi connectivity index (χ2v) is 7.03. The van der Waals surface area contributed by atoms with E-state index in [0.717, 1.165) is 5.56 Å². The van der Waals surface area contributed by atoms with Gasteiger partial charge in [-0.15, -0.1) is 11.3 Å². The molecule has 2 amide bonds. The lowest BCUT2D eigenvalue weighted by atomic mass is 10.1. The van der Waals surface area contributed by atoms with Crippen LogP contribution in [-0.4, -0.2) is 30.8 Å². The molecule has 1 heterocycles. The van der Waals surface area contributed by atoms with E-state index in [1.165, 1.54) is 22.3 Å². The Morgan fingerprint density at radius 1 is 0.852 bits per heavy atom. The van der Waals surface area contributed by atoms with Crippen LogP contribution >= 0.6 is 11.3 Å². The van der Waals surface area contributed by atoms with Crippen molar-refractivity contribution < 1.29 is 9.59 Å². The Morgan fingerprint density at radius 3 is 2.04 bits per heavy atom. The van der Waals surface area contributed by atoms with Crippen LogP contribution in [0.3, 0.4) is 0 Å². The number of hydrogen-bond donors (Lipinski definition) is 0. The number of carbonyl (C=O) groups excluding carboxylic acids is 2. The van der Waals surface area contributed by atoms with E-state index >= 15 is 0 Å². The average Bonchev–Trinajstić information content (AvgIpc) is 3.23. The number of hydrogen-bond acceptors (Lipinski definition) is 3. The fraction of sp³-hybridized carbons (Fsp3) is 0.0909. The van der Waals surface area contributed by atoms with Gasteiger partial charge in [0.25, 0.3) is 0 Å². The maximum Gasteiger partial charge on any atom is 0.328 e. The molecule has 0 aliphatic heterocycles. The van der Waals surface area contributed by atoms with Gasteiger partial charge in [0.2, 0.25) is 0 Å². The van der Waals surface area contributed by atoms with Crippen molar-refractivity contribution in [1.29, 1.82) is 0 Å². The summed E-state index contributed by atoms with van der Waals surface area (Å²) in [4.78, 5) is 29.5. The van der Waals surface area contributed by atoms with Crippen LogP contribution in [0.15, 0.2) is 84.3 Å². The molecule has 2 aromatic carbocycles. The summed E-state index contributed by atoms with van der Waals surface area (Å²) in [7, 11) is 3.39. The van der Waals surface area contributed by atoms with Gasteiger partial charge in [-0.3, -0.25) is 9.69 Å². The molecule has 3 aromatic rings. The molecule has 0 atom stereocenters. The molecule has 0 aliphatic carbocycles. The van der Waals surface area contributed by atoms with Crippen LogP contribution in [0.25, 0.3) is 5.70 Å². The van der Waals surface area contributed by atoms with Crippen LogP contribution in [0.2, 0.25) is 0 Å². The summed E-state index contributed by atoms with van der Waals surface area (Å²) in [6, 6.07) is 22.2. The van der Waals surface area contributed by atoms with Gasteiger partial charge in [-0.2, -0.15) is 0 Å². The third kappa shape index (κ3) is 4.33. The number of thiophene rings is 1. The number of benzene rings is 2. The summed E-state index contributed by atoms with van der Waals surface area (Å²) in [6.07, 6.45) is 1.54. The van der Waals surface area contributed by atoms with E-state index in [1.54, 1.807) is 25.1 Å². The van der Waals surface area contributed by atoms with Gasteiger partial charge in [-0.1, -0.05) is 54.6 Å². The highest BCUT2D eigenvalue weighted by Crippen LogP contribution is 2.28. The van der Waals surface area contributed by atoms with Gasteiger partial charge in [0.15, 0.2) is 5.78 Å². The molecule has 1 aromatic heterocycles. The van der Waals surface area contributed by atoms with Crippen LogP contribution < -0.4 is 4.90 Å². The highest BCUT2D eigenvalue weighted by Gasteiger charge is 2.24. The Kier molecular flexibility index (Phi) is 5.84. The van der Waals surface area contributed by atoms with Crippen molar-refractivity contribution in [2.45, 2.75) is 0 Å². The Balaban J connectivity index is 2.17. The number of rotatable bonds is 5. The summed E-state index contributed by atoms with van der Waals surface area (Å²) >= 11 is 1.38. The van der Waals surface area contributed by atoms with E-state index in [9.17, 15) is 9.59 Å². The molecular weight excluding hydrogens is 356 g/mol. The van der Waals surface area contributed by atoms with Crippen LogP contribution in [0.5, 0.6) is 0 Å². The van der Waals surface area contributed by atoms with Gasteiger partial charge in [-0.25, -0.2) is 4.79 Å². The highest BCUT2D eigenvalue weighted by molar-refractivity contribution is 7.12. The lowest BCUT2D eigenvalue weighted by Crippen LogP contribution is -2.38. The van der Waals surface area contributed by atoms with Crippen LogP contribution in [0.4, 0.5) is 10.5 Å². The maximum atomic E-state index is 13.0. The minimum atomic E-state index is -0.227. The Labute approximate surface area is 163 Å². The van der Waals surface area contributed by atoms with Gasteiger partial charge < -0.3 is 4.90 Å². The summed E-state index contributed by atoms with van der Waals surface area (Å²) in [6.45, 7) is 0. The number of allylic oxidation sites excluding steroid dienone is 1. The zero-order chi connectivity index (χ0) is 19.2. The second-order valence-electron chi connectivity index (χ2n) is 6.09. The summed E-state index contributed by atoms with van der Waals surface area (Å²) < 4.78 is 0. The van der Waals surface area contributed by atoms with Gasteiger partial charge in [0, 0.05) is 20.2 Å². The Hall–Kier alpha value is -3.18. The number of anilines is 1. The van der Waals surface area contributed by atoms with E-state index in [4.69, 9.17) is 0 Å². The number of carbonyl (C=O) groups is 2. The third-order valence-corrected chi connectivity index (χ3v) is 4.81. The summed E-state index contributed by atoms with van der Waals surface area (Å²) in [5.74, 6) is -0.128. The monoisotopic (exact) mass is 376 g/mol. The van der Waals surface area contributed by atoms with Crippen molar-refractivity contribution in [3.05, 3.63) is 94.7 Å². The molecule has 0 N–H and O–H groups in total. The lowest BCUT2D eigenvalue weighted by molar-refractivity contribution is 0.105. The number of amides is 2. The smallest absolute Gasteiger partial charge is 0.328 e. The molecule has 5 heteroatoms. The van der Waals surface area contributed by atoms with Gasteiger partial charge in [0.05, 0.1) is 16.3 Å². The van der Waals surface area contributed by atoms with Crippen molar-refractivity contribution in [1.82, 2.24) is 4.90 Å². The molecule has 0 bridgehead atoms. The Bertz CT molecular complexity index is 933. The molecule has 0 saturated carbocycles. The minimum Gasteiger partial charge on any atom is -0.330 e. The zero-order valence-corrected chi connectivity index (χ0v) is 16.0. The van der Waals surface area contributed by atoms with Crippen molar-refractivity contribution in [3.8, 4) is 0 Å². The van der Waals surface area contributed by atoms with E-state index in [-0.39, 0.29) is 11.8 Å². The number of urea groups is 1. The standard InChI is InChI=1S/C22H20N2O2S/c1-23(2)22(26)24(18-12-7-4-8-13-18)19(17-10-5-3-6-11-17)16-20(25)21-14-9-15-27-21/h3-16H,1-2H3. The van der Waals surface area contributed by atoms with E-state index < -0.39 is 0 Å². The fourth-order valence-corrected chi connectivity index (χ4v) is 3.27. The molecule has 27 heavy (non-hydrogen) atoms. The molecule has 0 aliphatic rings. The van der Waals surface area contributed by atoms with Gasteiger partial charge >= 0.3 is 6.03 Å². The lowest BCUT2D eigenvalue weighted by Gasteiger charge is -2.28. The molecule has 0 spiro atoms. The molecule has 0 saturated heterocycles. The van der Waals surface area contributed by atoms with E-state index in [2.05, 4.69) is 0 Å². The van der Waals surface area contributed by atoms with Gasteiger partial charge in [0.1, 0.15) is 0 Å². The predicted octanol–water partition coefficient (Wildman–Crippen LogP) is 5.16. The quantitative estimate of drug-likeness (QED) is 0.456. The highest BCUT2D eigenvalue weighted by atomic mass is 32.1. The zero-order valence-electron chi connectivity index (χ0n) is 15.2. The number of para-hydroxylation sites is 1. The van der Waals surface area contributed by atoms with Gasteiger partial charge in [-0.05, 0) is 29.1 Å². The first-order valence-electron chi connectivity index (χ1n) is 8.49. The fourth-order valence-electron chi connectivity index (χ4n) is 2.63. The molecule has 0 fully saturated rings. The third-order valence-electron chi connectivity index (χ3n) is 3.93. The SMILES string of the molecule is CN(C)C(=O)N(C(=CC(=O)c1cccs1)c1ccccc1)c1ccccc1. The molecular formula is C22H20N2O2S. The molecule has 4 nitrogen and oxygen atoms in total. The van der Waals surface area contributed by atoms with Crippen LogP contribution in [0.1, 0.15) is 15.2 Å². The van der Waals surface area contributed by atoms with Crippen molar-refractivity contribution >= 4 is 34.5 Å². The maximum absolute atomic E-state index is 13.0. The van der Waals surface area contributed by atoms with Crippen molar-refractivity contribution in [2.24, 2.45) is 0 Å². The molecule has 136 valence electrons. The molecule has 3 rings (SSSR count). The minimum absolute atomic E-state index is 0.128. The number of nitrogens with zero attached hydrogens (tertiary/aromatic N) is 2. The van der Waals surface area contributed by atoms with Crippen molar-refractivity contribution in [3.63, 3.8) is 0 Å². The van der Waals surface area contributed by atoms with Crippen LogP contribution in [-0.2, 0) is 0 Å². The first-order valence-corrected chi connectivity index (χ1v) is 9.37. The molecule has 0 unspecified atom stereocenters.